The Bertz CT molecular complexity index is 554. The van der Waals surface area contributed by atoms with E-state index < -0.39 is 5.54 Å². The molecule has 1 unspecified atom stereocenters. The molecule has 0 saturated heterocycles. The molecule has 1 aliphatic carbocycles. The van der Waals surface area contributed by atoms with Crippen molar-refractivity contribution in [3.63, 3.8) is 0 Å². The van der Waals surface area contributed by atoms with E-state index in [0.717, 1.165) is 18.6 Å². The van der Waals surface area contributed by atoms with Crippen molar-refractivity contribution in [1.29, 1.82) is 0 Å². The smallest absolute Gasteiger partial charge is 0.194 e. The largest absolute Gasteiger partial charge is 0.497 e. The van der Waals surface area contributed by atoms with Crippen LogP contribution in [-0.2, 0) is 18.4 Å². The third-order valence-corrected chi connectivity index (χ3v) is 3.55. The van der Waals surface area contributed by atoms with Crippen LogP contribution in [0.25, 0.3) is 0 Å². The summed E-state index contributed by atoms with van der Waals surface area (Å²) in [5.74, 6) is 1.43. The van der Waals surface area contributed by atoms with Crippen LogP contribution < -0.4 is 10.5 Å². The summed E-state index contributed by atoms with van der Waals surface area (Å²) in [6.07, 6.45) is 2.45. The van der Waals surface area contributed by atoms with Crippen LogP contribution in [0.15, 0.2) is 18.2 Å². The Morgan fingerprint density at radius 2 is 2.28 bits per heavy atom. The summed E-state index contributed by atoms with van der Waals surface area (Å²) in [5, 5.41) is 14.1. The Hall–Kier alpha value is -1.95. The molecule has 0 radical (unpaired) electrons. The maximum Gasteiger partial charge on any atom is 0.194 e. The van der Waals surface area contributed by atoms with E-state index in [1.165, 1.54) is 11.1 Å². The molecule has 6 nitrogen and oxygen atoms in total. The number of rotatable bonds is 2. The van der Waals surface area contributed by atoms with Crippen molar-refractivity contribution in [2.24, 2.45) is 5.73 Å². The van der Waals surface area contributed by atoms with Gasteiger partial charge < -0.3 is 10.5 Å². The van der Waals surface area contributed by atoms with Crippen molar-refractivity contribution in [3.8, 4) is 5.75 Å². The molecule has 0 amide bonds. The number of H-pyrrole nitrogens is 1. The van der Waals surface area contributed by atoms with Gasteiger partial charge in [-0.25, -0.2) is 0 Å². The number of aromatic nitrogens is 4. The first-order valence-electron chi connectivity index (χ1n) is 5.90. The van der Waals surface area contributed by atoms with Gasteiger partial charge in [-0.3, -0.25) is 0 Å². The van der Waals surface area contributed by atoms with Crippen molar-refractivity contribution in [3.05, 3.63) is 35.2 Å². The van der Waals surface area contributed by atoms with Crippen molar-refractivity contribution in [2.75, 3.05) is 7.11 Å². The third kappa shape index (κ3) is 1.74. The molecule has 0 aliphatic heterocycles. The fourth-order valence-corrected chi connectivity index (χ4v) is 2.49. The van der Waals surface area contributed by atoms with Gasteiger partial charge >= 0.3 is 0 Å². The number of methoxy groups -OCH3 is 1. The molecular formula is C12H15N5O. The first-order valence-corrected chi connectivity index (χ1v) is 5.90. The summed E-state index contributed by atoms with van der Waals surface area (Å²) in [4.78, 5) is 0. The normalized spacial score (nSPS) is 22.6. The molecule has 0 bridgehead atoms. The van der Waals surface area contributed by atoms with Crippen LogP contribution in [0, 0.1) is 0 Å². The Labute approximate surface area is 105 Å². The fraction of sp³-hybridized carbons (Fsp3) is 0.417. The molecule has 6 heteroatoms. The van der Waals surface area contributed by atoms with E-state index in [2.05, 4.69) is 26.7 Å². The molecule has 3 rings (SSSR count). The number of aromatic amines is 1. The Morgan fingerprint density at radius 1 is 1.39 bits per heavy atom. The Kier molecular flexibility index (Phi) is 2.52. The monoisotopic (exact) mass is 245 g/mol. The number of hydrogen-bond donors (Lipinski definition) is 2. The van der Waals surface area contributed by atoms with E-state index in [-0.39, 0.29) is 0 Å². The number of ether oxygens (including phenoxy) is 1. The maximum atomic E-state index is 6.41. The number of tetrazole rings is 1. The molecule has 0 fully saturated rings. The quantitative estimate of drug-likeness (QED) is 0.806. The molecule has 1 aromatic carbocycles. The summed E-state index contributed by atoms with van der Waals surface area (Å²) in [7, 11) is 1.67. The van der Waals surface area contributed by atoms with Gasteiger partial charge in [0.2, 0.25) is 0 Å². The van der Waals surface area contributed by atoms with Crippen LogP contribution >= 0.6 is 0 Å². The minimum absolute atomic E-state index is 0.535. The van der Waals surface area contributed by atoms with Gasteiger partial charge in [0.25, 0.3) is 0 Å². The molecule has 1 aliphatic rings. The number of benzene rings is 1. The molecule has 1 atom stereocenters. The topological polar surface area (TPSA) is 89.7 Å². The number of hydrogen-bond acceptors (Lipinski definition) is 5. The van der Waals surface area contributed by atoms with Gasteiger partial charge in [0.1, 0.15) is 5.75 Å². The highest BCUT2D eigenvalue weighted by atomic mass is 16.5. The fourth-order valence-electron chi connectivity index (χ4n) is 2.49. The minimum Gasteiger partial charge on any atom is -0.497 e. The van der Waals surface area contributed by atoms with Crippen LogP contribution in [0.4, 0.5) is 0 Å². The Morgan fingerprint density at radius 3 is 3.00 bits per heavy atom. The van der Waals surface area contributed by atoms with Crippen LogP contribution in [-0.4, -0.2) is 27.7 Å². The average molecular weight is 245 g/mol. The van der Waals surface area contributed by atoms with Gasteiger partial charge in [0.15, 0.2) is 5.82 Å². The van der Waals surface area contributed by atoms with Gasteiger partial charge in [0, 0.05) is 0 Å². The second kappa shape index (κ2) is 4.06. The van der Waals surface area contributed by atoms with Crippen LogP contribution in [0.3, 0.4) is 0 Å². The average Bonchev–Trinajstić information content (AvgIpc) is 2.92. The molecule has 18 heavy (non-hydrogen) atoms. The van der Waals surface area contributed by atoms with E-state index >= 15 is 0 Å². The third-order valence-electron chi connectivity index (χ3n) is 3.55. The summed E-state index contributed by atoms with van der Waals surface area (Å²) >= 11 is 0. The standard InChI is InChI=1S/C12H15N5O/c1-18-10-3-2-8-4-5-12(13,7-9(8)6-10)11-14-16-17-15-11/h2-3,6H,4-5,7,13H2,1H3,(H,14,15,16,17). The zero-order valence-corrected chi connectivity index (χ0v) is 10.2. The van der Waals surface area contributed by atoms with Crippen molar-refractivity contribution in [2.45, 2.75) is 24.8 Å². The lowest BCUT2D eigenvalue weighted by molar-refractivity contribution is 0.360. The van der Waals surface area contributed by atoms with Gasteiger partial charge in [-0.2, -0.15) is 5.21 Å². The summed E-state index contributed by atoms with van der Waals surface area (Å²) < 4.78 is 5.25. The summed E-state index contributed by atoms with van der Waals surface area (Å²) in [5.41, 5.74) is 8.39. The van der Waals surface area contributed by atoms with Crippen LogP contribution in [0.1, 0.15) is 23.4 Å². The highest BCUT2D eigenvalue weighted by Gasteiger charge is 2.36. The van der Waals surface area contributed by atoms with Crippen LogP contribution in [0.5, 0.6) is 5.75 Å². The molecule has 2 aromatic rings. The SMILES string of the molecule is COc1ccc2c(c1)CC(N)(c1nn[nH]n1)CC2. The highest BCUT2D eigenvalue weighted by molar-refractivity contribution is 5.39. The van der Waals surface area contributed by atoms with Crippen molar-refractivity contribution >= 4 is 0 Å². The molecule has 94 valence electrons. The number of aryl methyl sites for hydroxylation is 1. The predicted molar refractivity (Wildman–Crippen MR) is 65.1 cm³/mol. The first-order chi connectivity index (χ1) is 8.71. The molecular weight excluding hydrogens is 230 g/mol. The van der Waals surface area contributed by atoms with Crippen molar-refractivity contribution in [1.82, 2.24) is 20.6 Å². The lowest BCUT2D eigenvalue weighted by Gasteiger charge is -2.32. The van der Waals surface area contributed by atoms with Crippen molar-refractivity contribution < 1.29 is 4.74 Å². The number of fused-ring (bicyclic) bond motifs is 1. The number of nitrogens with one attached hydrogen (secondary N) is 1. The lowest BCUT2D eigenvalue weighted by Crippen LogP contribution is -2.43. The zero-order valence-electron chi connectivity index (χ0n) is 10.2. The van der Waals surface area contributed by atoms with E-state index in [0.29, 0.717) is 12.2 Å². The van der Waals surface area contributed by atoms with Gasteiger partial charge in [-0.1, -0.05) is 11.3 Å². The second-order valence-corrected chi connectivity index (χ2v) is 4.70. The number of nitrogens with two attached hydrogens (primary N) is 1. The Balaban J connectivity index is 1.96. The highest BCUT2D eigenvalue weighted by Crippen LogP contribution is 2.34. The molecule has 1 heterocycles. The number of nitrogens with zero attached hydrogens (tertiary/aromatic N) is 3. The van der Waals surface area contributed by atoms with Gasteiger partial charge in [0.05, 0.1) is 12.6 Å². The molecule has 0 spiro atoms. The molecule has 0 saturated carbocycles. The maximum absolute atomic E-state index is 6.41. The van der Waals surface area contributed by atoms with Gasteiger partial charge in [-0.15, -0.1) is 10.2 Å². The molecule has 3 N–H and O–H groups in total. The van der Waals surface area contributed by atoms with E-state index in [1.54, 1.807) is 7.11 Å². The van der Waals surface area contributed by atoms with E-state index in [4.69, 9.17) is 10.5 Å². The predicted octanol–water partition coefficient (Wildman–Crippen LogP) is 0.551. The summed E-state index contributed by atoms with van der Waals surface area (Å²) in [6.45, 7) is 0. The zero-order chi connectivity index (χ0) is 12.6. The summed E-state index contributed by atoms with van der Waals surface area (Å²) in [6, 6.07) is 6.12. The molecule has 1 aromatic heterocycles. The minimum atomic E-state index is -0.535. The first kappa shape index (κ1) is 11.2. The van der Waals surface area contributed by atoms with E-state index in [1.807, 2.05) is 12.1 Å². The lowest BCUT2D eigenvalue weighted by atomic mass is 9.78. The van der Waals surface area contributed by atoms with Gasteiger partial charge in [-0.05, 0) is 42.5 Å². The van der Waals surface area contributed by atoms with Crippen LogP contribution in [0.2, 0.25) is 0 Å². The van der Waals surface area contributed by atoms with E-state index in [9.17, 15) is 0 Å². The second-order valence-electron chi connectivity index (χ2n) is 4.70.